The van der Waals surface area contributed by atoms with E-state index in [9.17, 15) is 8.76 Å². The van der Waals surface area contributed by atoms with Gasteiger partial charge in [-0.15, -0.1) is 0 Å². The second kappa shape index (κ2) is 5.94. The molecule has 1 aromatic rings. The van der Waals surface area contributed by atoms with Crippen molar-refractivity contribution in [3.05, 3.63) is 35.9 Å². The first kappa shape index (κ1) is 11.4. The maximum Gasteiger partial charge on any atom is 0.0102 e. The van der Waals surface area contributed by atoms with Crippen molar-refractivity contribution >= 4 is 11.1 Å². The molecule has 0 aromatic heterocycles. The molecular weight excluding hydrogens is 196 g/mol. The molecule has 2 atom stereocenters. The summed E-state index contributed by atoms with van der Waals surface area (Å²) in [5.74, 6) is 0.719. The molecule has 0 N–H and O–H groups in total. The lowest BCUT2D eigenvalue weighted by atomic mass is 9.97. The van der Waals surface area contributed by atoms with Gasteiger partial charge in [0.2, 0.25) is 0 Å². The molecule has 2 nitrogen and oxygen atoms in total. The maximum absolute atomic E-state index is 10.3. The van der Waals surface area contributed by atoms with Gasteiger partial charge < -0.3 is 4.55 Å². The van der Waals surface area contributed by atoms with E-state index >= 15 is 0 Å². The van der Waals surface area contributed by atoms with E-state index in [0.717, 1.165) is 12.8 Å². The third-order valence-corrected chi connectivity index (χ3v) is 2.94. The maximum atomic E-state index is 10.3. The minimum atomic E-state index is -1.89. The van der Waals surface area contributed by atoms with Gasteiger partial charge in [0, 0.05) is 5.75 Å². The lowest BCUT2D eigenvalue weighted by molar-refractivity contribution is 0.531. The van der Waals surface area contributed by atoms with Gasteiger partial charge in [-0.1, -0.05) is 48.3 Å². The van der Waals surface area contributed by atoms with E-state index < -0.39 is 11.1 Å². The molecule has 1 rings (SSSR count). The molecule has 0 aliphatic carbocycles. The fourth-order valence-corrected chi connectivity index (χ4v) is 1.86. The van der Waals surface area contributed by atoms with Crippen molar-refractivity contribution in [3.8, 4) is 0 Å². The van der Waals surface area contributed by atoms with Gasteiger partial charge in [-0.2, -0.15) is 0 Å². The number of hydrogen-bond acceptors (Lipinski definition) is 2. The van der Waals surface area contributed by atoms with Crippen molar-refractivity contribution < 1.29 is 8.76 Å². The van der Waals surface area contributed by atoms with Crippen molar-refractivity contribution in [2.45, 2.75) is 25.7 Å². The second-order valence-electron chi connectivity index (χ2n) is 3.46. The third-order valence-electron chi connectivity index (χ3n) is 2.32. The van der Waals surface area contributed by atoms with Crippen LogP contribution >= 0.6 is 0 Å². The van der Waals surface area contributed by atoms with Crippen molar-refractivity contribution in [1.82, 2.24) is 0 Å². The minimum absolute atomic E-state index is 0.275. The molecule has 0 bridgehead atoms. The van der Waals surface area contributed by atoms with Crippen LogP contribution in [0.3, 0.4) is 0 Å². The largest absolute Gasteiger partial charge is 0.772 e. The summed E-state index contributed by atoms with van der Waals surface area (Å²) in [5.41, 5.74) is 1.28. The van der Waals surface area contributed by atoms with E-state index in [0.29, 0.717) is 5.92 Å². The molecule has 0 aliphatic rings. The molecule has 0 heterocycles. The van der Waals surface area contributed by atoms with Crippen LogP contribution in [0.4, 0.5) is 0 Å². The van der Waals surface area contributed by atoms with Crippen molar-refractivity contribution in [3.63, 3.8) is 0 Å². The first-order valence-corrected chi connectivity index (χ1v) is 6.05. The first-order valence-electron chi connectivity index (χ1n) is 4.81. The number of rotatable bonds is 5. The Morgan fingerprint density at radius 3 is 2.57 bits per heavy atom. The average molecular weight is 211 g/mol. The van der Waals surface area contributed by atoms with E-state index in [1.807, 2.05) is 18.2 Å². The Labute approximate surface area is 87.6 Å². The lowest BCUT2D eigenvalue weighted by Crippen LogP contribution is -1.99. The minimum Gasteiger partial charge on any atom is -0.772 e. The smallest absolute Gasteiger partial charge is 0.0102 e. The Bertz CT molecular complexity index is 285. The number of hydrogen-bond donors (Lipinski definition) is 0. The number of benzene rings is 1. The Morgan fingerprint density at radius 1 is 1.36 bits per heavy atom. The van der Waals surface area contributed by atoms with Crippen LogP contribution in [0, 0.1) is 0 Å². The van der Waals surface area contributed by atoms with E-state index in [4.69, 9.17) is 0 Å². The van der Waals surface area contributed by atoms with Gasteiger partial charge in [0.1, 0.15) is 0 Å². The fraction of sp³-hybridized carbons (Fsp3) is 0.455. The fourth-order valence-electron chi connectivity index (χ4n) is 1.46. The molecule has 0 saturated heterocycles. The van der Waals surface area contributed by atoms with Crippen LogP contribution in [0.1, 0.15) is 31.2 Å². The standard InChI is InChI=1S/C11H16O2S/c1-10(6-5-9-14(12)13)11-7-3-2-4-8-11/h2-4,7-8,10H,5-6,9H2,1H3,(H,12,13)/p-1. The molecule has 0 radical (unpaired) electrons. The zero-order valence-corrected chi connectivity index (χ0v) is 9.13. The topological polar surface area (TPSA) is 40.1 Å². The molecule has 0 spiro atoms. The monoisotopic (exact) mass is 211 g/mol. The summed E-state index contributed by atoms with van der Waals surface area (Å²) in [6.07, 6.45) is 1.67. The molecule has 0 saturated carbocycles. The van der Waals surface area contributed by atoms with Crippen LogP contribution in [-0.4, -0.2) is 14.5 Å². The van der Waals surface area contributed by atoms with Crippen molar-refractivity contribution in [1.29, 1.82) is 0 Å². The predicted octanol–water partition coefficient (Wildman–Crippen LogP) is 2.45. The summed E-state index contributed by atoms with van der Waals surface area (Å²) in [7, 11) is 0. The highest BCUT2D eigenvalue weighted by Gasteiger charge is 2.03. The molecule has 2 unspecified atom stereocenters. The van der Waals surface area contributed by atoms with Gasteiger partial charge in [0.05, 0.1) is 0 Å². The van der Waals surface area contributed by atoms with Crippen LogP contribution in [0.2, 0.25) is 0 Å². The SMILES string of the molecule is CC(CCCS(=O)[O-])c1ccccc1. The van der Waals surface area contributed by atoms with Crippen LogP contribution in [0.25, 0.3) is 0 Å². The van der Waals surface area contributed by atoms with Gasteiger partial charge in [0.15, 0.2) is 0 Å². The second-order valence-corrected chi connectivity index (χ2v) is 4.48. The Kier molecular flexibility index (Phi) is 4.84. The Balaban J connectivity index is 2.36. The van der Waals surface area contributed by atoms with E-state index in [-0.39, 0.29) is 5.75 Å². The molecule has 14 heavy (non-hydrogen) atoms. The molecule has 0 amide bonds. The van der Waals surface area contributed by atoms with Crippen molar-refractivity contribution in [2.24, 2.45) is 0 Å². The zero-order valence-electron chi connectivity index (χ0n) is 8.31. The van der Waals surface area contributed by atoms with E-state index in [1.54, 1.807) is 0 Å². The van der Waals surface area contributed by atoms with Gasteiger partial charge >= 0.3 is 0 Å². The predicted molar refractivity (Wildman–Crippen MR) is 57.9 cm³/mol. The Morgan fingerprint density at radius 2 is 2.00 bits per heavy atom. The highest BCUT2D eigenvalue weighted by atomic mass is 32.2. The molecule has 78 valence electrons. The van der Waals surface area contributed by atoms with Crippen LogP contribution in [-0.2, 0) is 11.1 Å². The summed E-state index contributed by atoms with van der Waals surface area (Å²) in [6.45, 7) is 2.13. The summed E-state index contributed by atoms with van der Waals surface area (Å²) < 4.78 is 20.6. The van der Waals surface area contributed by atoms with Gasteiger partial charge in [-0.25, -0.2) is 0 Å². The summed E-state index contributed by atoms with van der Waals surface area (Å²) in [6, 6.07) is 10.2. The van der Waals surface area contributed by atoms with Gasteiger partial charge in [-0.3, -0.25) is 4.21 Å². The normalized spacial score (nSPS) is 15.0. The molecular formula is C11H15O2S-. The molecule has 1 aromatic carbocycles. The van der Waals surface area contributed by atoms with Crippen molar-refractivity contribution in [2.75, 3.05) is 5.75 Å². The molecule has 3 heteroatoms. The molecule has 0 fully saturated rings. The quantitative estimate of drug-likeness (QED) is 0.702. The third kappa shape index (κ3) is 4.03. The van der Waals surface area contributed by atoms with Gasteiger partial charge in [-0.05, 0) is 24.3 Å². The Hall–Kier alpha value is -0.670. The van der Waals surface area contributed by atoms with Crippen LogP contribution in [0.5, 0.6) is 0 Å². The summed E-state index contributed by atoms with van der Waals surface area (Å²) in [4.78, 5) is 0. The summed E-state index contributed by atoms with van der Waals surface area (Å²) in [5, 5.41) is 0. The summed E-state index contributed by atoms with van der Waals surface area (Å²) >= 11 is -1.89. The zero-order chi connectivity index (χ0) is 10.4. The average Bonchev–Trinajstić information content (AvgIpc) is 2.18. The first-order chi connectivity index (χ1) is 6.70. The van der Waals surface area contributed by atoms with Crippen LogP contribution in [0.15, 0.2) is 30.3 Å². The van der Waals surface area contributed by atoms with E-state index in [2.05, 4.69) is 19.1 Å². The van der Waals surface area contributed by atoms with Gasteiger partial charge in [0.25, 0.3) is 0 Å². The van der Waals surface area contributed by atoms with E-state index in [1.165, 1.54) is 5.56 Å². The lowest BCUT2D eigenvalue weighted by Gasteiger charge is -2.12. The molecule has 0 aliphatic heterocycles. The van der Waals surface area contributed by atoms with Crippen LogP contribution < -0.4 is 0 Å². The highest BCUT2D eigenvalue weighted by molar-refractivity contribution is 7.79. The highest BCUT2D eigenvalue weighted by Crippen LogP contribution is 2.19.